The van der Waals surface area contributed by atoms with Crippen LogP contribution in [0.5, 0.6) is 28.7 Å². The van der Waals surface area contributed by atoms with Crippen LogP contribution in [-0.2, 0) is 73.7 Å². The maximum absolute atomic E-state index is 14.1. The Hall–Kier alpha value is -14.5. The van der Waals surface area contributed by atoms with E-state index < -0.39 is 11.9 Å². The normalized spacial score (nSPS) is 10.9. The standard InChI is InChI=1S/C19H19FN4O3.C18H16FN5O2.C17H16FN3O3.C16H14FN3O3.C15H13BrFN3O/c1-12(25)21-10-17(26)15-9-7-13(24-11-22-23-19(15)24)6-8-14-16(20)4-3-5-18(14)27-2;1-11-21-23-18(26-11)14-9-7-12(24-10-20-22-17(14)24)6-8-13-15(19)4-3-5-16(13)25-2;1-23-15-5-3-4-14(18)12(15)8-6-11-7-9-13(17(22)24-2)16-20-19-10-21(11)16;1-23-14-4-2-3-13(17)11(14)7-5-10-6-8-12(16(21)22)15-19-18-9-20(10)15;1-21-14-4-2-3-13(17)11(14)7-5-10-6-8-12(16)15-19-18-9-20(10)15/h3-5,7,9,11H,6,8,10H2,1-2H3,(H,21,25);3-5,7,9-10H,6,8H2,1-2H3;3-5,7,9-10H,6,8H2,1-2H3;2-4,6,8-9H,5,7H2,1H3,(H,21,22);2-4,6,8-9H,5,7H2,1H3. The number of benzene rings is 5. The van der Waals surface area contributed by atoms with Crippen LogP contribution in [0.15, 0.2) is 192 Å². The Balaban J connectivity index is 0.000000139. The van der Waals surface area contributed by atoms with E-state index in [2.05, 4.69) is 82.4 Å². The van der Waals surface area contributed by atoms with Gasteiger partial charge in [-0.25, -0.2) is 31.5 Å². The van der Waals surface area contributed by atoms with E-state index in [9.17, 15) is 41.1 Å². The van der Waals surface area contributed by atoms with Crippen LogP contribution in [0.3, 0.4) is 0 Å². The minimum absolute atomic E-state index is 0.0784. The molecule has 0 fully saturated rings. The molecular formula is C85H78BrF5N18O12. The average molecular weight is 1720 g/mol. The minimum Gasteiger partial charge on any atom is -0.496 e. The second-order valence-corrected chi connectivity index (χ2v) is 27.5. The van der Waals surface area contributed by atoms with E-state index in [1.807, 2.05) is 33.1 Å². The number of aromatic nitrogens is 17. The highest BCUT2D eigenvalue weighted by atomic mass is 79.9. The van der Waals surface area contributed by atoms with Crippen molar-refractivity contribution < 1.29 is 79.1 Å². The fourth-order valence-electron chi connectivity index (χ4n) is 13.5. The predicted octanol–water partition coefficient (Wildman–Crippen LogP) is 13.2. The molecule has 36 heteroatoms. The molecule has 16 rings (SSSR count). The molecule has 0 aliphatic heterocycles. The zero-order valence-corrected chi connectivity index (χ0v) is 68.0. The third-order valence-corrected chi connectivity index (χ3v) is 20.1. The quantitative estimate of drug-likeness (QED) is 0.0289. The van der Waals surface area contributed by atoms with Crippen molar-refractivity contribution in [3.63, 3.8) is 0 Å². The number of pyridine rings is 5. The third-order valence-electron chi connectivity index (χ3n) is 19.5. The Labute approximate surface area is 695 Å². The van der Waals surface area contributed by atoms with Gasteiger partial charge in [-0.05, 0) is 201 Å². The van der Waals surface area contributed by atoms with Gasteiger partial charge < -0.3 is 43.3 Å². The predicted molar refractivity (Wildman–Crippen MR) is 434 cm³/mol. The van der Waals surface area contributed by atoms with Crippen molar-refractivity contribution in [2.24, 2.45) is 0 Å². The highest BCUT2D eigenvalue weighted by Crippen LogP contribution is 2.31. The Bertz CT molecular complexity index is 6390. The smallest absolute Gasteiger partial charge is 0.341 e. The Kier molecular flexibility index (Phi) is 28.5. The number of Topliss-reactive ketones (excluding diaryl/α,β-unsaturated/α-hetero) is 1. The van der Waals surface area contributed by atoms with Gasteiger partial charge in [0, 0.05) is 70.1 Å². The largest absolute Gasteiger partial charge is 0.496 e. The molecule has 622 valence electrons. The van der Waals surface area contributed by atoms with Crippen molar-refractivity contribution in [2.45, 2.75) is 78.1 Å². The fraction of sp³-hybridized carbons (Fsp3) is 0.224. The molecule has 0 saturated carbocycles. The number of ether oxygens (including phenoxy) is 6. The van der Waals surface area contributed by atoms with Crippen LogP contribution in [-0.4, -0.2) is 161 Å². The number of hydrogen-bond acceptors (Lipinski definition) is 23. The molecule has 5 aromatic carbocycles. The summed E-state index contributed by atoms with van der Waals surface area (Å²) in [4.78, 5) is 46.3. The van der Waals surface area contributed by atoms with Gasteiger partial charge in [-0.3, -0.25) is 31.6 Å². The van der Waals surface area contributed by atoms with Crippen molar-refractivity contribution in [3.8, 4) is 40.2 Å². The minimum atomic E-state index is -1.06. The summed E-state index contributed by atoms with van der Waals surface area (Å²) in [6, 6.07) is 41.6. The molecule has 121 heavy (non-hydrogen) atoms. The first-order valence-corrected chi connectivity index (χ1v) is 38.1. The van der Waals surface area contributed by atoms with Gasteiger partial charge in [-0.1, -0.05) is 30.3 Å². The molecule has 0 aliphatic rings. The SMILES string of the molecule is COC(=O)c1ccc(CCc2c(F)cccc2OC)n2cnnc12.COc1cccc(F)c1CCc1ccc(-c2nnc(C)o2)c2nncn12.COc1cccc(F)c1CCc1ccc(Br)c2nncn12.COc1cccc(F)c1CCc1ccc(C(=O)CNC(C)=O)c2nncn12.COc1cccc(F)c1CCc1ccc(C(=O)O)c2nncn12. The summed E-state index contributed by atoms with van der Waals surface area (Å²) in [5.74, 6) is -0.0588. The lowest BCUT2D eigenvalue weighted by Crippen LogP contribution is -2.27. The second kappa shape index (κ2) is 40.1. The van der Waals surface area contributed by atoms with Gasteiger partial charge in [0.2, 0.25) is 11.8 Å². The number of aryl methyl sites for hydroxylation is 6. The van der Waals surface area contributed by atoms with Crippen LogP contribution in [0.4, 0.5) is 22.0 Å². The molecule has 0 unspecified atom stereocenters. The number of methoxy groups -OCH3 is 6. The highest BCUT2D eigenvalue weighted by molar-refractivity contribution is 9.10. The van der Waals surface area contributed by atoms with Crippen LogP contribution in [0.1, 0.15) is 100 Å². The lowest BCUT2D eigenvalue weighted by molar-refractivity contribution is -0.118. The summed E-state index contributed by atoms with van der Waals surface area (Å²) in [6.45, 7) is 2.97. The number of hydrogen-bond donors (Lipinski definition) is 2. The number of aromatic carboxylic acids is 1. The summed E-state index contributed by atoms with van der Waals surface area (Å²) in [6.07, 6.45) is 12.9. The number of carboxylic acid groups (broad SMARTS) is 1. The molecule has 16 aromatic rings. The van der Waals surface area contributed by atoms with E-state index in [0.717, 1.165) is 38.6 Å². The number of halogens is 6. The van der Waals surface area contributed by atoms with E-state index >= 15 is 0 Å². The summed E-state index contributed by atoms with van der Waals surface area (Å²) in [5.41, 5.74) is 11.0. The first-order valence-electron chi connectivity index (χ1n) is 37.4. The number of fused-ring (bicyclic) bond motifs is 5. The molecule has 0 atom stereocenters. The van der Waals surface area contributed by atoms with Crippen LogP contribution in [0, 0.1) is 36.0 Å². The first-order chi connectivity index (χ1) is 58.6. The summed E-state index contributed by atoms with van der Waals surface area (Å²) in [5, 5.41) is 59.0. The van der Waals surface area contributed by atoms with E-state index in [-0.39, 0.29) is 58.5 Å². The molecule has 2 N–H and O–H groups in total. The molecule has 0 spiro atoms. The van der Waals surface area contributed by atoms with E-state index in [1.165, 1.54) is 97.9 Å². The van der Waals surface area contributed by atoms with Gasteiger partial charge in [0.25, 0.3) is 5.89 Å². The Morgan fingerprint density at radius 2 is 0.702 bits per heavy atom. The average Bonchev–Trinajstić information content (AvgIpc) is 1.66. The van der Waals surface area contributed by atoms with Crippen LogP contribution >= 0.6 is 15.9 Å². The lowest BCUT2D eigenvalue weighted by Gasteiger charge is -2.11. The molecule has 0 radical (unpaired) electrons. The number of ketones is 1. The first kappa shape index (κ1) is 85.9. The maximum Gasteiger partial charge on any atom is 0.341 e. The fourth-order valence-corrected chi connectivity index (χ4v) is 13.9. The third kappa shape index (κ3) is 20.1. The number of nitrogens with zero attached hydrogens (tertiary/aromatic N) is 17. The molecule has 11 heterocycles. The molecule has 0 aliphatic carbocycles. The molecule has 11 aromatic heterocycles. The van der Waals surface area contributed by atoms with Crippen LogP contribution < -0.4 is 29.0 Å². The van der Waals surface area contributed by atoms with Gasteiger partial charge in [0.15, 0.2) is 34.0 Å². The van der Waals surface area contributed by atoms with Crippen molar-refractivity contribution in [1.82, 2.24) is 88.5 Å². The number of esters is 1. The Morgan fingerprint density at radius 1 is 0.388 bits per heavy atom. The second-order valence-electron chi connectivity index (χ2n) is 26.6. The molecular weight excluding hydrogens is 1640 g/mol. The van der Waals surface area contributed by atoms with E-state index in [0.29, 0.717) is 166 Å². The summed E-state index contributed by atoms with van der Waals surface area (Å²) in [7, 11) is 8.92. The highest BCUT2D eigenvalue weighted by Gasteiger charge is 2.23. The van der Waals surface area contributed by atoms with Gasteiger partial charge >= 0.3 is 11.9 Å². The zero-order chi connectivity index (χ0) is 85.8. The number of rotatable bonds is 26. The van der Waals surface area contributed by atoms with Crippen molar-refractivity contribution in [2.75, 3.05) is 49.2 Å². The van der Waals surface area contributed by atoms with Crippen molar-refractivity contribution in [1.29, 1.82) is 0 Å². The topological polar surface area (TPSA) is 346 Å². The molecule has 1 amide bonds. The zero-order valence-electron chi connectivity index (χ0n) is 66.4. The molecule has 30 nitrogen and oxygen atoms in total. The number of amides is 1. The molecule has 0 bridgehead atoms. The summed E-state index contributed by atoms with van der Waals surface area (Å²) >= 11 is 3.44. The van der Waals surface area contributed by atoms with Crippen LogP contribution in [0.25, 0.3) is 39.7 Å². The van der Waals surface area contributed by atoms with Crippen LogP contribution in [0.2, 0.25) is 0 Å². The van der Waals surface area contributed by atoms with Gasteiger partial charge in [-0.2, -0.15) is 0 Å². The Morgan fingerprint density at radius 3 is 1.05 bits per heavy atom. The number of carbonyl (C=O) groups is 4. The monoisotopic (exact) mass is 1720 g/mol. The van der Waals surface area contributed by atoms with Gasteiger partial charge in [0.1, 0.15) is 101 Å². The molecule has 0 saturated heterocycles. The van der Waals surface area contributed by atoms with Gasteiger partial charge in [-0.15, -0.1) is 61.2 Å². The number of nitrogens with one attached hydrogen (secondary N) is 1. The van der Waals surface area contributed by atoms with E-state index in [1.54, 1.807) is 131 Å². The van der Waals surface area contributed by atoms with Crippen molar-refractivity contribution >= 4 is 67.8 Å². The van der Waals surface area contributed by atoms with E-state index in [4.69, 9.17) is 37.9 Å². The number of carbonyl (C=O) groups excluding carboxylic acids is 3. The number of carboxylic acids is 1. The maximum atomic E-state index is 14.1. The van der Waals surface area contributed by atoms with Crippen molar-refractivity contribution in [3.05, 3.63) is 296 Å². The summed E-state index contributed by atoms with van der Waals surface area (Å²) < 4.78 is 116. The lowest BCUT2D eigenvalue weighted by atomic mass is 10.0. The van der Waals surface area contributed by atoms with Gasteiger partial charge in [0.05, 0.1) is 64.8 Å².